The number of anilines is 2. The van der Waals surface area contributed by atoms with Gasteiger partial charge in [-0.3, -0.25) is 0 Å². The summed E-state index contributed by atoms with van der Waals surface area (Å²) < 4.78 is 2.51. The lowest BCUT2D eigenvalue weighted by atomic mass is 9.65. The Morgan fingerprint density at radius 2 is 1.48 bits per heavy atom. The number of allylic oxidation sites excluding steroid dienone is 10. The number of aromatic nitrogens is 1. The zero-order chi connectivity index (χ0) is 49.8. The number of para-hydroxylation sites is 2. The Balaban J connectivity index is 1.28. The molecule has 9 rings (SSSR count). The minimum absolute atomic E-state index is 0.0297. The van der Waals surface area contributed by atoms with E-state index in [2.05, 4.69) is 279 Å². The Morgan fingerprint density at radius 1 is 0.746 bits per heavy atom. The molecule has 0 N–H and O–H groups in total. The molecule has 2 nitrogen and oxygen atoms in total. The summed E-state index contributed by atoms with van der Waals surface area (Å²) in [7, 11) is 0. The predicted octanol–water partition coefficient (Wildman–Crippen LogP) is 19.1. The number of rotatable bonds is 14. The first kappa shape index (κ1) is 48.8. The van der Waals surface area contributed by atoms with Crippen LogP contribution >= 0.6 is 0 Å². The summed E-state index contributed by atoms with van der Waals surface area (Å²) in [4.78, 5) is 2.66. The Kier molecular flexibility index (Phi) is 14.5. The van der Waals surface area contributed by atoms with Gasteiger partial charge in [0.05, 0.1) is 17.3 Å². The molecular weight excluding hydrogens is 857 g/mol. The SMILES string of the molecule is C/C=C\C=C/C1C/C=C/c2c(n(-c3ccc(C(/C=C\CC)=C(C)C)c(C)c3)c3ccccc23)/C=C/C1(C1=CC1N(c1ccc(-c2ccccc2C)c(C)c1)c1ccccc1C(C)CC)c1ccccc1C. The molecule has 358 valence electrons. The van der Waals surface area contributed by atoms with Crippen LogP contribution in [0.4, 0.5) is 11.4 Å². The zero-order valence-electron chi connectivity index (χ0n) is 43.8. The Bertz CT molecular complexity index is 3310. The van der Waals surface area contributed by atoms with E-state index >= 15 is 0 Å². The highest BCUT2D eigenvalue weighted by molar-refractivity contribution is 5.96. The molecule has 1 aromatic heterocycles. The molecule has 7 aromatic rings. The Hall–Kier alpha value is -7.16. The standard InChI is InChI=1S/C69H72N2/c1-11-14-16-28-53-29-25-34-62-61-33-21-24-37-66(61)70(54-38-40-58(51(9)44-54)56(47(4)5)30-15-12-2)67(62)42-43-69(53,63-35-22-18-27-50(63)8)64-46-68(64)71(65-36-23-20-32-60(65)48(6)13-3)55-39-41-59(52(10)45-55)57-31-19-17-26-49(57)7/h11,14-28,30-46,48,53,68H,12-13,29H2,1-10H3/b14-11-,28-16-,30-15-,34-25+,43-42+. The highest BCUT2D eigenvalue weighted by Crippen LogP contribution is 2.56. The first-order valence-corrected chi connectivity index (χ1v) is 26.1. The molecule has 6 aromatic carbocycles. The number of nitrogens with zero attached hydrogens (tertiary/aromatic N) is 2. The number of hydrogen-bond acceptors (Lipinski definition) is 1. The van der Waals surface area contributed by atoms with Crippen molar-refractivity contribution in [3.8, 4) is 16.8 Å². The fourth-order valence-electron chi connectivity index (χ4n) is 11.4. The normalized spacial score (nSPS) is 19.0. The second-order valence-corrected chi connectivity index (χ2v) is 20.2. The molecular formula is C69H72N2. The van der Waals surface area contributed by atoms with E-state index in [0.717, 1.165) is 19.3 Å². The van der Waals surface area contributed by atoms with E-state index in [-0.39, 0.29) is 12.0 Å². The molecule has 0 aliphatic heterocycles. The van der Waals surface area contributed by atoms with Crippen LogP contribution in [0.25, 0.3) is 45.4 Å². The minimum atomic E-state index is -0.509. The maximum absolute atomic E-state index is 2.66. The van der Waals surface area contributed by atoms with Crippen molar-refractivity contribution < 1.29 is 0 Å². The first-order chi connectivity index (χ1) is 34.5. The third kappa shape index (κ3) is 9.34. The van der Waals surface area contributed by atoms with E-state index in [1.807, 2.05) is 0 Å². The van der Waals surface area contributed by atoms with E-state index in [1.165, 1.54) is 106 Å². The van der Waals surface area contributed by atoms with E-state index in [9.17, 15) is 0 Å². The van der Waals surface area contributed by atoms with Crippen LogP contribution in [0.2, 0.25) is 0 Å². The van der Waals surface area contributed by atoms with Crippen molar-refractivity contribution in [2.75, 3.05) is 4.90 Å². The molecule has 4 atom stereocenters. The molecule has 2 aliphatic rings. The third-order valence-corrected chi connectivity index (χ3v) is 15.3. The molecule has 0 spiro atoms. The van der Waals surface area contributed by atoms with Crippen molar-refractivity contribution in [2.24, 2.45) is 5.92 Å². The van der Waals surface area contributed by atoms with Crippen LogP contribution in [-0.2, 0) is 5.41 Å². The lowest BCUT2D eigenvalue weighted by molar-refractivity contribution is 0.461. The van der Waals surface area contributed by atoms with Gasteiger partial charge in [-0.1, -0.05) is 184 Å². The van der Waals surface area contributed by atoms with Gasteiger partial charge < -0.3 is 9.47 Å². The van der Waals surface area contributed by atoms with Crippen molar-refractivity contribution in [3.63, 3.8) is 0 Å². The smallest absolute Gasteiger partial charge is 0.0752 e. The largest absolute Gasteiger partial charge is 0.330 e. The zero-order valence-corrected chi connectivity index (χ0v) is 43.8. The van der Waals surface area contributed by atoms with Gasteiger partial charge in [0.1, 0.15) is 0 Å². The van der Waals surface area contributed by atoms with Crippen LogP contribution < -0.4 is 4.90 Å². The second kappa shape index (κ2) is 21.1. The Labute approximate surface area is 425 Å². The minimum Gasteiger partial charge on any atom is -0.330 e. The quantitative estimate of drug-likeness (QED) is 0.0779. The molecule has 0 amide bonds. The summed E-state index contributed by atoms with van der Waals surface area (Å²) in [6.07, 6.45) is 29.1. The number of hydrogen-bond donors (Lipinski definition) is 0. The van der Waals surface area contributed by atoms with Gasteiger partial charge in [0.15, 0.2) is 0 Å². The van der Waals surface area contributed by atoms with E-state index < -0.39 is 5.41 Å². The topological polar surface area (TPSA) is 8.17 Å². The maximum atomic E-state index is 2.66. The number of benzene rings is 6. The average molecular weight is 929 g/mol. The van der Waals surface area contributed by atoms with Gasteiger partial charge in [-0.15, -0.1) is 0 Å². The van der Waals surface area contributed by atoms with Crippen molar-refractivity contribution in [2.45, 2.75) is 106 Å². The van der Waals surface area contributed by atoms with Gasteiger partial charge in [-0.2, -0.15) is 0 Å². The van der Waals surface area contributed by atoms with Crippen molar-refractivity contribution in [3.05, 3.63) is 249 Å². The van der Waals surface area contributed by atoms with Gasteiger partial charge in [0, 0.05) is 33.4 Å². The summed E-state index contributed by atoms with van der Waals surface area (Å²) in [6.45, 7) is 22.5. The average Bonchev–Trinajstić information content (AvgIpc) is 4.08. The van der Waals surface area contributed by atoms with Crippen molar-refractivity contribution >= 4 is 40.0 Å². The highest BCUT2D eigenvalue weighted by atomic mass is 15.2. The van der Waals surface area contributed by atoms with E-state index in [0.29, 0.717) is 5.92 Å². The second-order valence-electron chi connectivity index (χ2n) is 20.2. The van der Waals surface area contributed by atoms with E-state index in [4.69, 9.17) is 0 Å². The maximum Gasteiger partial charge on any atom is 0.0752 e. The van der Waals surface area contributed by atoms with Crippen LogP contribution in [0.3, 0.4) is 0 Å². The summed E-state index contributed by atoms with van der Waals surface area (Å²) in [6, 6.07) is 50.3. The summed E-state index contributed by atoms with van der Waals surface area (Å²) >= 11 is 0. The van der Waals surface area contributed by atoms with Crippen molar-refractivity contribution in [1.29, 1.82) is 0 Å². The summed E-state index contributed by atoms with van der Waals surface area (Å²) in [5, 5.41) is 1.26. The fraction of sp³-hybridized carbons (Fsp3) is 0.246. The Morgan fingerprint density at radius 3 is 2.21 bits per heavy atom. The van der Waals surface area contributed by atoms with Gasteiger partial charge in [-0.05, 0) is 183 Å². The van der Waals surface area contributed by atoms with Gasteiger partial charge >= 0.3 is 0 Å². The summed E-state index contributed by atoms with van der Waals surface area (Å²) in [5.41, 5.74) is 22.5. The number of fused-ring (bicyclic) bond motifs is 3. The lowest BCUT2D eigenvalue weighted by Crippen LogP contribution is -2.37. The van der Waals surface area contributed by atoms with Gasteiger partial charge in [0.25, 0.3) is 0 Å². The van der Waals surface area contributed by atoms with Crippen LogP contribution in [0.5, 0.6) is 0 Å². The molecule has 0 saturated heterocycles. The monoisotopic (exact) mass is 929 g/mol. The number of aryl methyl sites for hydroxylation is 4. The molecule has 71 heavy (non-hydrogen) atoms. The van der Waals surface area contributed by atoms with Crippen molar-refractivity contribution in [1.82, 2.24) is 4.57 Å². The molecule has 0 radical (unpaired) electrons. The summed E-state index contributed by atoms with van der Waals surface area (Å²) in [5.74, 6) is 0.490. The van der Waals surface area contributed by atoms with Crippen LogP contribution in [0, 0.1) is 33.6 Å². The first-order valence-electron chi connectivity index (χ1n) is 26.1. The van der Waals surface area contributed by atoms with Gasteiger partial charge in [-0.25, -0.2) is 0 Å². The molecule has 0 bridgehead atoms. The van der Waals surface area contributed by atoms with Crippen LogP contribution in [-0.4, -0.2) is 10.6 Å². The molecule has 2 heteroatoms. The molecule has 0 fully saturated rings. The highest BCUT2D eigenvalue weighted by Gasteiger charge is 2.51. The molecule has 1 heterocycles. The third-order valence-electron chi connectivity index (χ3n) is 15.3. The molecule has 0 saturated carbocycles. The van der Waals surface area contributed by atoms with Crippen LogP contribution in [0.1, 0.15) is 117 Å². The lowest BCUT2D eigenvalue weighted by Gasteiger charge is -2.40. The van der Waals surface area contributed by atoms with Crippen LogP contribution in [0.15, 0.2) is 199 Å². The predicted molar refractivity (Wildman–Crippen MR) is 309 cm³/mol. The molecule has 4 unspecified atom stereocenters. The molecule has 2 aliphatic carbocycles. The van der Waals surface area contributed by atoms with Gasteiger partial charge in [0.2, 0.25) is 0 Å². The fourth-order valence-corrected chi connectivity index (χ4v) is 11.4. The van der Waals surface area contributed by atoms with E-state index in [1.54, 1.807) is 0 Å².